The van der Waals surface area contributed by atoms with E-state index in [1.54, 1.807) is 13.8 Å². The molecule has 0 aliphatic heterocycles. The number of anilines is 1. The topological polar surface area (TPSA) is 55.1 Å². The fraction of sp³-hybridized carbons (Fsp3) is 0.417. The molecule has 0 saturated carbocycles. The lowest BCUT2D eigenvalue weighted by Gasteiger charge is -2.18. The molecule has 0 spiro atoms. The van der Waals surface area contributed by atoms with Gasteiger partial charge in [-0.05, 0) is 25.1 Å². The first-order valence-electron chi connectivity index (χ1n) is 5.56. The number of alkyl halides is 3. The summed E-state index contributed by atoms with van der Waals surface area (Å²) in [4.78, 5) is 11.7. The van der Waals surface area contributed by atoms with Crippen LogP contribution in [0.3, 0.4) is 0 Å². The molecule has 2 unspecified atom stereocenters. The smallest absolute Gasteiger partial charge is 0.327 e. The molecule has 0 radical (unpaired) electrons. The van der Waals surface area contributed by atoms with Crippen LogP contribution in [0.15, 0.2) is 22.7 Å². The monoisotopic (exact) mass is 338 g/mol. The second kappa shape index (κ2) is 5.92. The van der Waals surface area contributed by atoms with Gasteiger partial charge in [-0.3, -0.25) is 4.79 Å². The predicted molar refractivity (Wildman–Crippen MR) is 70.6 cm³/mol. The van der Waals surface area contributed by atoms with Crippen LogP contribution in [0.2, 0.25) is 0 Å². The van der Waals surface area contributed by atoms with Crippen molar-refractivity contribution in [3.05, 3.63) is 28.2 Å². The summed E-state index contributed by atoms with van der Waals surface area (Å²) in [6, 6.07) is 3.12. The molecule has 0 aliphatic rings. The van der Waals surface area contributed by atoms with Gasteiger partial charge in [-0.2, -0.15) is 13.2 Å². The minimum atomic E-state index is -4.54. The molecule has 1 rings (SSSR count). The maximum atomic E-state index is 12.8. The third-order valence-corrected chi connectivity index (χ3v) is 3.24. The van der Waals surface area contributed by atoms with E-state index in [2.05, 4.69) is 21.2 Å². The minimum absolute atomic E-state index is 0.270. The van der Waals surface area contributed by atoms with Gasteiger partial charge < -0.3 is 11.1 Å². The van der Waals surface area contributed by atoms with Crippen LogP contribution in [0.1, 0.15) is 19.4 Å². The van der Waals surface area contributed by atoms with E-state index in [-0.39, 0.29) is 10.2 Å². The third kappa shape index (κ3) is 4.21. The van der Waals surface area contributed by atoms with Gasteiger partial charge in [-0.15, -0.1) is 0 Å². The quantitative estimate of drug-likeness (QED) is 0.887. The average Bonchev–Trinajstić information content (AvgIpc) is 2.28. The molecule has 0 heterocycles. The normalized spacial score (nSPS) is 14.9. The van der Waals surface area contributed by atoms with Crippen molar-refractivity contribution >= 4 is 27.5 Å². The molecule has 0 bridgehead atoms. The SMILES string of the molecule is CC(N)C(C)C(=O)Nc1ccc(Br)cc1C(F)(F)F. The van der Waals surface area contributed by atoms with E-state index < -0.39 is 29.6 Å². The fourth-order valence-electron chi connectivity index (χ4n) is 1.35. The Kier molecular flexibility index (Phi) is 4.98. The van der Waals surface area contributed by atoms with Gasteiger partial charge in [0, 0.05) is 10.5 Å². The molecule has 0 fully saturated rings. The van der Waals surface area contributed by atoms with Gasteiger partial charge in [0.25, 0.3) is 0 Å². The van der Waals surface area contributed by atoms with Crippen LogP contribution in [-0.2, 0) is 11.0 Å². The van der Waals surface area contributed by atoms with Crippen LogP contribution in [0.25, 0.3) is 0 Å². The number of rotatable bonds is 3. The van der Waals surface area contributed by atoms with E-state index in [9.17, 15) is 18.0 Å². The number of halogens is 4. The van der Waals surface area contributed by atoms with Crippen molar-refractivity contribution in [3.63, 3.8) is 0 Å². The number of amides is 1. The van der Waals surface area contributed by atoms with Crippen molar-refractivity contribution in [1.82, 2.24) is 0 Å². The van der Waals surface area contributed by atoms with E-state index in [0.29, 0.717) is 0 Å². The Morgan fingerprint density at radius 1 is 1.37 bits per heavy atom. The summed E-state index contributed by atoms with van der Waals surface area (Å²) < 4.78 is 38.8. The van der Waals surface area contributed by atoms with E-state index in [1.165, 1.54) is 12.1 Å². The van der Waals surface area contributed by atoms with Crippen LogP contribution < -0.4 is 11.1 Å². The molecule has 3 nitrogen and oxygen atoms in total. The van der Waals surface area contributed by atoms with Crippen molar-refractivity contribution in [2.45, 2.75) is 26.1 Å². The van der Waals surface area contributed by atoms with Crippen LogP contribution >= 0.6 is 15.9 Å². The standard InChI is InChI=1S/C12H14BrF3N2O/c1-6(7(2)17)11(19)18-10-4-3-8(13)5-9(10)12(14,15)16/h3-7H,17H2,1-2H3,(H,18,19). The highest BCUT2D eigenvalue weighted by molar-refractivity contribution is 9.10. The van der Waals surface area contributed by atoms with Gasteiger partial charge >= 0.3 is 6.18 Å². The molecule has 0 aliphatic carbocycles. The highest BCUT2D eigenvalue weighted by Gasteiger charge is 2.34. The number of carbonyl (C=O) groups excluding carboxylic acids is 1. The second-order valence-corrected chi connectivity index (χ2v) is 5.24. The molecule has 3 N–H and O–H groups in total. The summed E-state index contributed by atoms with van der Waals surface area (Å²) in [5.74, 6) is -1.12. The van der Waals surface area contributed by atoms with Gasteiger partial charge in [-0.1, -0.05) is 22.9 Å². The molecule has 0 saturated heterocycles. The average molecular weight is 339 g/mol. The lowest BCUT2D eigenvalue weighted by atomic mass is 10.0. The van der Waals surface area contributed by atoms with Crippen molar-refractivity contribution < 1.29 is 18.0 Å². The first-order valence-corrected chi connectivity index (χ1v) is 6.35. The van der Waals surface area contributed by atoms with Crippen molar-refractivity contribution in [2.24, 2.45) is 11.7 Å². The molecule has 106 valence electrons. The van der Waals surface area contributed by atoms with Gasteiger partial charge in [0.15, 0.2) is 0 Å². The van der Waals surface area contributed by atoms with E-state index in [0.717, 1.165) is 6.07 Å². The van der Waals surface area contributed by atoms with Gasteiger partial charge in [0.1, 0.15) is 0 Å². The summed E-state index contributed by atoms with van der Waals surface area (Å²) >= 11 is 2.97. The Balaban J connectivity index is 3.05. The highest BCUT2D eigenvalue weighted by Crippen LogP contribution is 2.36. The Hall–Kier alpha value is -1.08. The molecular weight excluding hydrogens is 325 g/mol. The summed E-state index contributed by atoms with van der Waals surface area (Å²) in [7, 11) is 0. The van der Waals surface area contributed by atoms with Crippen molar-refractivity contribution in [2.75, 3.05) is 5.32 Å². The maximum absolute atomic E-state index is 12.8. The maximum Gasteiger partial charge on any atom is 0.418 e. The van der Waals surface area contributed by atoms with Gasteiger partial charge in [0.2, 0.25) is 5.91 Å². The molecule has 1 amide bonds. The Morgan fingerprint density at radius 3 is 2.42 bits per heavy atom. The van der Waals surface area contributed by atoms with Crippen LogP contribution in [0.5, 0.6) is 0 Å². The summed E-state index contributed by atoms with van der Waals surface area (Å²) in [6.07, 6.45) is -4.54. The number of nitrogens with one attached hydrogen (secondary N) is 1. The lowest BCUT2D eigenvalue weighted by molar-refractivity contribution is -0.137. The van der Waals surface area contributed by atoms with E-state index in [4.69, 9.17) is 5.73 Å². The third-order valence-electron chi connectivity index (χ3n) is 2.75. The molecule has 2 atom stereocenters. The largest absolute Gasteiger partial charge is 0.418 e. The Morgan fingerprint density at radius 2 is 1.95 bits per heavy atom. The second-order valence-electron chi connectivity index (χ2n) is 4.32. The van der Waals surface area contributed by atoms with Crippen LogP contribution in [-0.4, -0.2) is 11.9 Å². The number of hydrogen-bond donors (Lipinski definition) is 2. The fourth-order valence-corrected chi connectivity index (χ4v) is 1.71. The van der Waals surface area contributed by atoms with Crippen molar-refractivity contribution in [1.29, 1.82) is 0 Å². The summed E-state index contributed by atoms with van der Waals surface area (Å²) in [6.45, 7) is 3.18. The Bertz CT molecular complexity index is 475. The Labute approximate surface area is 117 Å². The molecule has 19 heavy (non-hydrogen) atoms. The number of nitrogens with two attached hydrogens (primary N) is 1. The zero-order valence-corrected chi connectivity index (χ0v) is 12.0. The molecule has 0 aromatic heterocycles. The molecular formula is C12H14BrF3N2O. The minimum Gasteiger partial charge on any atom is -0.327 e. The number of carbonyl (C=O) groups is 1. The summed E-state index contributed by atoms with van der Waals surface area (Å²) in [5, 5.41) is 2.27. The number of hydrogen-bond acceptors (Lipinski definition) is 2. The molecule has 1 aromatic carbocycles. The van der Waals surface area contributed by atoms with Gasteiger partial charge in [0.05, 0.1) is 17.2 Å². The summed E-state index contributed by atoms with van der Waals surface area (Å²) in [5.41, 5.74) is 4.38. The lowest BCUT2D eigenvalue weighted by Crippen LogP contribution is -2.34. The van der Waals surface area contributed by atoms with E-state index in [1.807, 2.05) is 0 Å². The van der Waals surface area contributed by atoms with Crippen LogP contribution in [0.4, 0.5) is 18.9 Å². The van der Waals surface area contributed by atoms with Crippen LogP contribution in [0, 0.1) is 5.92 Å². The zero-order valence-electron chi connectivity index (χ0n) is 10.4. The first kappa shape index (κ1) is 16.0. The predicted octanol–water partition coefficient (Wildman–Crippen LogP) is 3.39. The highest BCUT2D eigenvalue weighted by atomic mass is 79.9. The zero-order chi connectivity index (χ0) is 14.8. The van der Waals surface area contributed by atoms with Crippen molar-refractivity contribution in [3.8, 4) is 0 Å². The van der Waals surface area contributed by atoms with Gasteiger partial charge in [-0.25, -0.2) is 0 Å². The molecule has 1 aromatic rings. The first-order chi connectivity index (χ1) is 8.62. The van der Waals surface area contributed by atoms with E-state index >= 15 is 0 Å². The molecule has 7 heteroatoms. The number of benzene rings is 1.